The molecular formula is C7H9F3N4O. The standard InChI is InChI=1S/C7H9F3N4O/c8-7(9,10)3-15-2-1-5-12-4-13-6(11)14-5/h4H,1-3H2,(H2,11,12,13,14). The monoisotopic (exact) mass is 222 g/mol. The maximum atomic E-state index is 11.7. The molecule has 0 aromatic carbocycles. The molecule has 1 aromatic rings. The van der Waals surface area contributed by atoms with Gasteiger partial charge in [0.1, 0.15) is 18.8 Å². The fourth-order valence-corrected chi connectivity index (χ4v) is 0.816. The molecular weight excluding hydrogens is 213 g/mol. The number of aromatic nitrogens is 3. The first-order valence-electron chi connectivity index (χ1n) is 4.05. The zero-order valence-corrected chi connectivity index (χ0v) is 7.66. The molecule has 1 aromatic heterocycles. The van der Waals surface area contributed by atoms with Gasteiger partial charge in [0, 0.05) is 6.42 Å². The van der Waals surface area contributed by atoms with Crippen LogP contribution in [0.15, 0.2) is 6.33 Å². The van der Waals surface area contributed by atoms with Crippen LogP contribution in [0.1, 0.15) is 5.82 Å². The van der Waals surface area contributed by atoms with Gasteiger partial charge in [-0.2, -0.15) is 18.2 Å². The van der Waals surface area contributed by atoms with E-state index in [9.17, 15) is 13.2 Å². The molecule has 1 heterocycles. The molecule has 0 bridgehead atoms. The van der Waals surface area contributed by atoms with Crippen molar-refractivity contribution in [3.05, 3.63) is 12.2 Å². The van der Waals surface area contributed by atoms with Gasteiger partial charge in [0.2, 0.25) is 5.95 Å². The number of anilines is 1. The molecule has 0 fully saturated rings. The molecule has 0 aliphatic carbocycles. The lowest BCUT2D eigenvalue weighted by Crippen LogP contribution is -2.18. The fourth-order valence-electron chi connectivity index (χ4n) is 0.816. The van der Waals surface area contributed by atoms with Crippen LogP contribution in [0.4, 0.5) is 19.1 Å². The van der Waals surface area contributed by atoms with E-state index in [2.05, 4.69) is 19.7 Å². The van der Waals surface area contributed by atoms with Gasteiger partial charge < -0.3 is 10.5 Å². The van der Waals surface area contributed by atoms with Gasteiger partial charge in [0.15, 0.2) is 0 Å². The predicted octanol–water partition coefficient (Wildman–Crippen LogP) is 0.575. The Kier molecular flexibility index (Phi) is 3.78. The van der Waals surface area contributed by atoms with Crippen molar-refractivity contribution >= 4 is 5.95 Å². The van der Waals surface area contributed by atoms with Gasteiger partial charge in [-0.15, -0.1) is 0 Å². The van der Waals surface area contributed by atoms with Crippen LogP contribution < -0.4 is 5.73 Å². The van der Waals surface area contributed by atoms with Crippen molar-refractivity contribution < 1.29 is 17.9 Å². The highest BCUT2D eigenvalue weighted by Gasteiger charge is 2.27. The Morgan fingerprint density at radius 2 is 2.07 bits per heavy atom. The Labute approximate surface area is 83.5 Å². The highest BCUT2D eigenvalue weighted by Crippen LogP contribution is 2.14. The zero-order chi connectivity index (χ0) is 11.3. The normalized spacial score (nSPS) is 11.7. The maximum absolute atomic E-state index is 11.7. The van der Waals surface area contributed by atoms with Gasteiger partial charge in [0.25, 0.3) is 0 Å². The number of hydrogen-bond acceptors (Lipinski definition) is 5. The molecule has 0 saturated heterocycles. The highest BCUT2D eigenvalue weighted by molar-refractivity contribution is 5.12. The number of nitrogen functional groups attached to an aromatic ring is 1. The van der Waals surface area contributed by atoms with Crippen LogP contribution in [0.5, 0.6) is 0 Å². The quantitative estimate of drug-likeness (QED) is 0.754. The first kappa shape index (κ1) is 11.6. The molecule has 0 aliphatic rings. The number of nitrogens with two attached hydrogens (primary N) is 1. The number of halogens is 3. The summed E-state index contributed by atoms with van der Waals surface area (Å²) < 4.78 is 39.4. The largest absolute Gasteiger partial charge is 0.411 e. The van der Waals surface area contributed by atoms with Crippen LogP contribution in [-0.2, 0) is 11.2 Å². The average Bonchev–Trinajstić information content (AvgIpc) is 2.11. The number of nitrogens with zero attached hydrogens (tertiary/aromatic N) is 3. The van der Waals surface area contributed by atoms with E-state index in [4.69, 9.17) is 5.73 Å². The van der Waals surface area contributed by atoms with E-state index in [0.717, 1.165) is 0 Å². The number of alkyl halides is 3. The summed E-state index contributed by atoms with van der Waals surface area (Å²) in [6.45, 7) is -1.38. The lowest BCUT2D eigenvalue weighted by Gasteiger charge is -2.06. The fraction of sp³-hybridized carbons (Fsp3) is 0.571. The summed E-state index contributed by atoms with van der Waals surface area (Å²) in [5, 5.41) is 0. The van der Waals surface area contributed by atoms with E-state index in [1.807, 2.05) is 0 Å². The van der Waals surface area contributed by atoms with E-state index in [1.54, 1.807) is 0 Å². The third-order valence-corrected chi connectivity index (χ3v) is 1.38. The van der Waals surface area contributed by atoms with Crippen LogP contribution in [0, 0.1) is 0 Å². The first-order valence-corrected chi connectivity index (χ1v) is 4.05. The summed E-state index contributed by atoms with van der Waals surface area (Å²) in [6, 6.07) is 0. The maximum Gasteiger partial charge on any atom is 0.411 e. The molecule has 0 unspecified atom stereocenters. The van der Waals surface area contributed by atoms with Crippen LogP contribution in [0.2, 0.25) is 0 Å². The zero-order valence-electron chi connectivity index (χ0n) is 7.66. The van der Waals surface area contributed by atoms with Gasteiger partial charge in [-0.25, -0.2) is 9.97 Å². The Hall–Kier alpha value is -1.44. The molecule has 0 saturated carbocycles. The molecule has 15 heavy (non-hydrogen) atoms. The summed E-state index contributed by atoms with van der Waals surface area (Å²) in [4.78, 5) is 11.0. The van der Waals surface area contributed by atoms with Crippen molar-refractivity contribution in [2.45, 2.75) is 12.6 Å². The molecule has 0 atom stereocenters. The van der Waals surface area contributed by atoms with Crippen LogP contribution in [-0.4, -0.2) is 34.3 Å². The van der Waals surface area contributed by atoms with Gasteiger partial charge in [-0.05, 0) is 0 Å². The molecule has 84 valence electrons. The van der Waals surface area contributed by atoms with E-state index in [-0.39, 0.29) is 19.0 Å². The molecule has 0 aliphatic heterocycles. The van der Waals surface area contributed by atoms with Crippen LogP contribution >= 0.6 is 0 Å². The summed E-state index contributed by atoms with van der Waals surface area (Å²) in [7, 11) is 0. The van der Waals surface area contributed by atoms with Crippen molar-refractivity contribution in [1.82, 2.24) is 15.0 Å². The van der Waals surface area contributed by atoms with E-state index >= 15 is 0 Å². The average molecular weight is 222 g/mol. The van der Waals surface area contributed by atoms with Gasteiger partial charge >= 0.3 is 6.18 Å². The summed E-state index contributed by atoms with van der Waals surface area (Å²) in [5.41, 5.74) is 5.25. The Balaban J connectivity index is 2.26. The summed E-state index contributed by atoms with van der Waals surface area (Å²) in [6.07, 6.45) is -2.94. The lowest BCUT2D eigenvalue weighted by atomic mass is 10.4. The van der Waals surface area contributed by atoms with E-state index in [1.165, 1.54) is 6.33 Å². The molecule has 2 N–H and O–H groups in total. The second-order valence-electron chi connectivity index (χ2n) is 2.68. The SMILES string of the molecule is Nc1ncnc(CCOCC(F)(F)F)n1. The minimum atomic E-state index is -4.31. The van der Waals surface area contributed by atoms with Gasteiger partial charge in [-0.1, -0.05) is 0 Å². The van der Waals surface area contributed by atoms with Crippen molar-refractivity contribution in [2.24, 2.45) is 0 Å². The number of rotatable bonds is 4. The second-order valence-corrected chi connectivity index (χ2v) is 2.68. The Bertz CT molecular complexity index is 317. The minimum absolute atomic E-state index is 0.0378. The van der Waals surface area contributed by atoms with Crippen molar-refractivity contribution in [2.75, 3.05) is 18.9 Å². The van der Waals surface area contributed by atoms with Gasteiger partial charge in [-0.3, -0.25) is 0 Å². The highest BCUT2D eigenvalue weighted by atomic mass is 19.4. The summed E-state index contributed by atoms with van der Waals surface area (Å²) in [5.74, 6) is 0.348. The topological polar surface area (TPSA) is 73.9 Å². The molecule has 0 radical (unpaired) electrons. The van der Waals surface area contributed by atoms with E-state index < -0.39 is 12.8 Å². The molecule has 5 nitrogen and oxygen atoms in total. The lowest BCUT2D eigenvalue weighted by molar-refractivity contribution is -0.173. The van der Waals surface area contributed by atoms with Crippen LogP contribution in [0.25, 0.3) is 0 Å². The van der Waals surface area contributed by atoms with Crippen molar-refractivity contribution in [1.29, 1.82) is 0 Å². The molecule has 8 heteroatoms. The molecule has 1 rings (SSSR count). The second kappa shape index (κ2) is 4.87. The van der Waals surface area contributed by atoms with Crippen molar-refractivity contribution in [3.63, 3.8) is 0 Å². The summed E-state index contributed by atoms with van der Waals surface area (Å²) >= 11 is 0. The Morgan fingerprint density at radius 1 is 1.33 bits per heavy atom. The smallest absolute Gasteiger partial charge is 0.372 e. The van der Waals surface area contributed by atoms with E-state index in [0.29, 0.717) is 5.82 Å². The van der Waals surface area contributed by atoms with Crippen LogP contribution in [0.3, 0.4) is 0 Å². The van der Waals surface area contributed by atoms with Gasteiger partial charge in [0.05, 0.1) is 6.61 Å². The minimum Gasteiger partial charge on any atom is -0.372 e. The van der Waals surface area contributed by atoms with Crippen molar-refractivity contribution in [3.8, 4) is 0 Å². The predicted molar refractivity (Wildman–Crippen MR) is 44.8 cm³/mol. The number of ether oxygens (including phenoxy) is 1. The first-order chi connectivity index (χ1) is 6.97. The third-order valence-electron chi connectivity index (χ3n) is 1.38. The number of hydrogen-bond donors (Lipinski definition) is 1. The third kappa shape index (κ3) is 5.11. The molecule has 0 amide bonds. The molecule has 0 spiro atoms. The Morgan fingerprint density at radius 3 is 2.67 bits per heavy atom.